The van der Waals surface area contributed by atoms with Crippen molar-refractivity contribution in [3.63, 3.8) is 0 Å². The smallest absolute Gasteiger partial charge is 0.240 e. The van der Waals surface area contributed by atoms with E-state index in [9.17, 15) is 9.59 Å². The largest absolute Gasteiger partial charge is 0.325 e. The molecular formula is C17H16BrNO2. The van der Waals surface area contributed by atoms with Gasteiger partial charge in [-0.05, 0) is 38.1 Å². The number of amides is 1. The quantitative estimate of drug-likeness (QED) is 0.671. The number of carbonyl (C=O) groups is 2. The SMILES string of the molecule is CC(C)(Br)C(=O)Nc1ccc(C(=O)c2ccccc2)cc1. The number of halogens is 1. The summed E-state index contributed by atoms with van der Waals surface area (Å²) >= 11 is 3.30. The van der Waals surface area contributed by atoms with Gasteiger partial charge in [0.25, 0.3) is 0 Å². The summed E-state index contributed by atoms with van der Waals surface area (Å²) in [6.07, 6.45) is 0. The fourth-order valence-electron chi connectivity index (χ4n) is 1.74. The van der Waals surface area contributed by atoms with E-state index in [0.29, 0.717) is 16.8 Å². The van der Waals surface area contributed by atoms with E-state index in [4.69, 9.17) is 0 Å². The van der Waals surface area contributed by atoms with Crippen molar-refractivity contribution in [2.45, 2.75) is 18.2 Å². The number of alkyl halides is 1. The fourth-order valence-corrected chi connectivity index (χ4v) is 1.84. The standard InChI is InChI=1S/C17H16BrNO2/c1-17(2,18)16(21)19-14-10-8-13(9-11-14)15(20)12-6-4-3-5-7-12/h3-11H,1-2H3,(H,19,21). The Bertz CT molecular complexity index is 643. The maximum Gasteiger partial charge on any atom is 0.240 e. The van der Waals surface area contributed by atoms with Gasteiger partial charge in [-0.25, -0.2) is 0 Å². The van der Waals surface area contributed by atoms with E-state index in [1.807, 2.05) is 18.2 Å². The van der Waals surface area contributed by atoms with E-state index in [0.717, 1.165) is 0 Å². The molecule has 2 rings (SSSR count). The molecule has 0 spiro atoms. The third kappa shape index (κ3) is 4.02. The van der Waals surface area contributed by atoms with Crippen LogP contribution in [-0.2, 0) is 4.79 Å². The molecule has 0 aliphatic heterocycles. The summed E-state index contributed by atoms with van der Waals surface area (Å²) < 4.78 is -0.633. The van der Waals surface area contributed by atoms with Gasteiger partial charge < -0.3 is 5.32 Å². The molecule has 1 N–H and O–H groups in total. The van der Waals surface area contributed by atoms with Crippen LogP contribution in [0.2, 0.25) is 0 Å². The van der Waals surface area contributed by atoms with Crippen LogP contribution in [0.5, 0.6) is 0 Å². The van der Waals surface area contributed by atoms with Crippen molar-refractivity contribution in [2.24, 2.45) is 0 Å². The maximum atomic E-state index is 12.2. The fraction of sp³-hybridized carbons (Fsp3) is 0.176. The summed E-state index contributed by atoms with van der Waals surface area (Å²) in [5.74, 6) is -0.168. The van der Waals surface area contributed by atoms with Gasteiger partial charge in [0.05, 0.1) is 4.32 Å². The zero-order valence-corrected chi connectivity index (χ0v) is 13.5. The van der Waals surface area contributed by atoms with Crippen LogP contribution < -0.4 is 5.32 Å². The number of hydrogen-bond donors (Lipinski definition) is 1. The summed E-state index contributed by atoms with van der Waals surface area (Å²) in [7, 11) is 0. The first-order valence-electron chi connectivity index (χ1n) is 6.58. The van der Waals surface area contributed by atoms with E-state index in [2.05, 4.69) is 21.2 Å². The molecule has 0 aliphatic rings. The van der Waals surface area contributed by atoms with Gasteiger partial charge in [0, 0.05) is 16.8 Å². The number of hydrogen-bond acceptors (Lipinski definition) is 2. The first-order valence-corrected chi connectivity index (χ1v) is 7.37. The minimum Gasteiger partial charge on any atom is -0.325 e. The second kappa shape index (κ2) is 6.22. The Morgan fingerprint density at radius 1 is 0.905 bits per heavy atom. The summed E-state index contributed by atoms with van der Waals surface area (Å²) in [4.78, 5) is 24.1. The topological polar surface area (TPSA) is 46.2 Å². The number of anilines is 1. The molecule has 0 aliphatic carbocycles. The predicted octanol–water partition coefficient (Wildman–Crippen LogP) is 4.03. The Kier molecular flexibility index (Phi) is 4.58. The molecule has 108 valence electrons. The highest BCUT2D eigenvalue weighted by molar-refractivity contribution is 9.10. The third-order valence-electron chi connectivity index (χ3n) is 2.98. The lowest BCUT2D eigenvalue weighted by Gasteiger charge is -2.15. The molecule has 3 nitrogen and oxygen atoms in total. The Morgan fingerprint density at radius 3 is 1.95 bits per heavy atom. The monoisotopic (exact) mass is 345 g/mol. The molecule has 0 radical (unpaired) electrons. The Labute approximate surface area is 132 Å². The summed E-state index contributed by atoms with van der Waals surface area (Å²) in [6, 6.07) is 16.0. The molecule has 1 amide bonds. The average molecular weight is 346 g/mol. The molecule has 0 atom stereocenters. The highest BCUT2D eigenvalue weighted by Crippen LogP contribution is 2.20. The highest BCUT2D eigenvalue weighted by Gasteiger charge is 2.23. The minimum absolute atomic E-state index is 0.0331. The van der Waals surface area contributed by atoms with Gasteiger partial charge in [-0.2, -0.15) is 0 Å². The molecule has 0 heterocycles. The number of ketones is 1. The van der Waals surface area contributed by atoms with Crippen molar-refractivity contribution in [1.82, 2.24) is 0 Å². The van der Waals surface area contributed by atoms with Gasteiger partial charge >= 0.3 is 0 Å². The minimum atomic E-state index is -0.633. The normalized spacial score (nSPS) is 11.0. The van der Waals surface area contributed by atoms with Crippen molar-refractivity contribution in [1.29, 1.82) is 0 Å². The summed E-state index contributed by atoms with van der Waals surface area (Å²) in [6.45, 7) is 3.55. The number of carbonyl (C=O) groups excluding carboxylic acids is 2. The summed E-state index contributed by atoms with van der Waals surface area (Å²) in [5, 5.41) is 2.79. The zero-order chi connectivity index (χ0) is 15.5. The molecule has 4 heteroatoms. The van der Waals surface area contributed by atoms with Gasteiger partial charge in [-0.1, -0.05) is 46.3 Å². The van der Waals surface area contributed by atoms with Crippen molar-refractivity contribution in [3.8, 4) is 0 Å². The van der Waals surface area contributed by atoms with Crippen molar-refractivity contribution in [2.75, 3.05) is 5.32 Å². The van der Waals surface area contributed by atoms with Crippen LogP contribution in [0, 0.1) is 0 Å². The maximum absolute atomic E-state index is 12.2. The van der Waals surface area contributed by atoms with Crippen LogP contribution in [0.4, 0.5) is 5.69 Å². The van der Waals surface area contributed by atoms with Gasteiger partial charge in [0.1, 0.15) is 0 Å². The zero-order valence-electron chi connectivity index (χ0n) is 11.9. The second-order valence-electron chi connectivity index (χ2n) is 5.20. The summed E-state index contributed by atoms with van der Waals surface area (Å²) in [5.41, 5.74) is 1.91. The molecule has 0 saturated carbocycles. The van der Waals surface area contributed by atoms with Crippen LogP contribution in [0.25, 0.3) is 0 Å². The van der Waals surface area contributed by atoms with Crippen molar-refractivity contribution in [3.05, 3.63) is 65.7 Å². The first-order chi connectivity index (χ1) is 9.88. The van der Waals surface area contributed by atoms with E-state index in [-0.39, 0.29) is 11.7 Å². The Hall–Kier alpha value is -1.94. The van der Waals surface area contributed by atoms with Crippen molar-refractivity contribution >= 4 is 33.3 Å². The highest BCUT2D eigenvalue weighted by atomic mass is 79.9. The Balaban J connectivity index is 2.13. The Morgan fingerprint density at radius 2 is 1.43 bits per heavy atom. The van der Waals surface area contributed by atoms with Crippen LogP contribution in [0.3, 0.4) is 0 Å². The van der Waals surface area contributed by atoms with E-state index in [1.54, 1.807) is 50.2 Å². The average Bonchev–Trinajstić information content (AvgIpc) is 2.47. The molecular weight excluding hydrogens is 330 g/mol. The molecule has 2 aromatic rings. The lowest BCUT2D eigenvalue weighted by atomic mass is 10.0. The third-order valence-corrected chi connectivity index (χ3v) is 3.34. The first kappa shape index (κ1) is 15.4. The lowest BCUT2D eigenvalue weighted by molar-refractivity contribution is -0.117. The van der Waals surface area contributed by atoms with Crippen LogP contribution in [0.1, 0.15) is 29.8 Å². The lowest BCUT2D eigenvalue weighted by Crippen LogP contribution is -2.30. The van der Waals surface area contributed by atoms with Crippen molar-refractivity contribution < 1.29 is 9.59 Å². The van der Waals surface area contributed by atoms with Gasteiger partial charge in [-0.15, -0.1) is 0 Å². The molecule has 2 aromatic carbocycles. The molecule has 21 heavy (non-hydrogen) atoms. The van der Waals surface area contributed by atoms with E-state index in [1.165, 1.54) is 0 Å². The number of rotatable bonds is 4. The number of benzene rings is 2. The van der Waals surface area contributed by atoms with Crippen LogP contribution in [-0.4, -0.2) is 16.0 Å². The van der Waals surface area contributed by atoms with Gasteiger partial charge in [0.2, 0.25) is 5.91 Å². The second-order valence-corrected chi connectivity index (χ2v) is 7.18. The van der Waals surface area contributed by atoms with E-state index >= 15 is 0 Å². The molecule has 0 unspecified atom stereocenters. The molecule has 0 bridgehead atoms. The van der Waals surface area contributed by atoms with Crippen LogP contribution in [0.15, 0.2) is 54.6 Å². The molecule has 0 saturated heterocycles. The molecule has 0 aromatic heterocycles. The predicted molar refractivity (Wildman–Crippen MR) is 88.0 cm³/mol. The molecule has 0 fully saturated rings. The van der Waals surface area contributed by atoms with Crippen LogP contribution >= 0.6 is 15.9 Å². The van der Waals surface area contributed by atoms with Gasteiger partial charge in [0.15, 0.2) is 5.78 Å². The number of nitrogens with one attached hydrogen (secondary N) is 1. The van der Waals surface area contributed by atoms with E-state index < -0.39 is 4.32 Å². The van der Waals surface area contributed by atoms with Gasteiger partial charge in [-0.3, -0.25) is 9.59 Å².